The second-order valence-corrected chi connectivity index (χ2v) is 7.04. The van der Waals surface area contributed by atoms with Gasteiger partial charge in [-0.2, -0.15) is 0 Å². The summed E-state index contributed by atoms with van der Waals surface area (Å²) < 4.78 is 11.3. The second kappa shape index (κ2) is 7.36. The topological polar surface area (TPSA) is 54.0 Å². The van der Waals surface area contributed by atoms with Crippen molar-refractivity contribution < 1.29 is 14.3 Å². The fraction of sp³-hybridized carbons (Fsp3) is 0.941. The first-order valence-corrected chi connectivity index (χ1v) is 9.11. The van der Waals surface area contributed by atoms with Crippen LogP contribution < -0.4 is 5.32 Å². The lowest BCUT2D eigenvalue weighted by molar-refractivity contribution is -0.207. The third-order valence-electron chi connectivity index (χ3n) is 5.90. The molecule has 1 unspecified atom stereocenters. The van der Waals surface area contributed by atoms with Crippen LogP contribution in [0.4, 0.5) is 4.79 Å². The summed E-state index contributed by atoms with van der Waals surface area (Å²) in [6.45, 7) is 7.29. The van der Waals surface area contributed by atoms with E-state index in [4.69, 9.17) is 9.47 Å². The molecule has 6 nitrogen and oxygen atoms in total. The van der Waals surface area contributed by atoms with Gasteiger partial charge in [0.25, 0.3) is 0 Å². The number of carbonyl (C=O) groups excluding carboxylic acids is 1. The summed E-state index contributed by atoms with van der Waals surface area (Å²) >= 11 is 0. The number of hydrogen-bond acceptors (Lipinski definition) is 4. The van der Waals surface area contributed by atoms with Crippen molar-refractivity contribution in [2.75, 3.05) is 46.5 Å². The summed E-state index contributed by atoms with van der Waals surface area (Å²) in [7, 11) is 1.83. The van der Waals surface area contributed by atoms with Gasteiger partial charge in [-0.1, -0.05) is 6.92 Å². The van der Waals surface area contributed by atoms with Crippen LogP contribution in [0, 0.1) is 0 Å². The van der Waals surface area contributed by atoms with Gasteiger partial charge in [0.05, 0.1) is 11.6 Å². The fourth-order valence-electron chi connectivity index (χ4n) is 4.47. The molecule has 3 aliphatic heterocycles. The molecule has 0 aromatic rings. The van der Waals surface area contributed by atoms with Crippen molar-refractivity contribution in [1.29, 1.82) is 0 Å². The Bertz CT molecular complexity index is 404. The Morgan fingerprint density at radius 2 is 2.00 bits per heavy atom. The molecule has 3 saturated heterocycles. The molecule has 3 heterocycles. The molecule has 1 spiro atoms. The standard InChI is InChI=1S/C17H31N3O3/c1-3-8-18-16(21)19-9-4-14(5-10-19)20-13-15(22-2)17(20)6-11-23-12-7-17/h14-15H,3-13H2,1-2H3,(H,18,21). The van der Waals surface area contributed by atoms with E-state index in [0.29, 0.717) is 12.1 Å². The van der Waals surface area contributed by atoms with Gasteiger partial charge in [-0.05, 0) is 32.1 Å². The van der Waals surface area contributed by atoms with Crippen LogP contribution in [-0.2, 0) is 9.47 Å². The Hall–Kier alpha value is -0.850. The Morgan fingerprint density at radius 1 is 1.30 bits per heavy atom. The molecule has 2 amide bonds. The molecule has 23 heavy (non-hydrogen) atoms. The lowest BCUT2D eigenvalue weighted by atomic mass is 9.73. The van der Waals surface area contributed by atoms with Crippen LogP contribution in [0.2, 0.25) is 0 Å². The maximum absolute atomic E-state index is 12.1. The molecule has 6 heteroatoms. The van der Waals surface area contributed by atoms with E-state index in [2.05, 4.69) is 17.1 Å². The highest BCUT2D eigenvalue weighted by Gasteiger charge is 2.56. The molecule has 1 N–H and O–H groups in total. The molecular formula is C17H31N3O3. The lowest BCUT2D eigenvalue weighted by Crippen LogP contribution is -2.75. The molecular weight excluding hydrogens is 294 g/mol. The van der Waals surface area contributed by atoms with E-state index in [1.807, 2.05) is 12.0 Å². The normalized spacial score (nSPS) is 28.6. The number of hydrogen-bond donors (Lipinski definition) is 1. The van der Waals surface area contributed by atoms with Gasteiger partial charge in [-0.15, -0.1) is 0 Å². The van der Waals surface area contributed by atoms with Gasteiger partial charge in [0.15, 0.2) is 0 Å². The highest BCUT2D eigenvalue weighted by Crippen LogP contribution is 2.44. The minimum Gasteiger partial charge on any atom is -0.381 e. The third kappa shape index (κ3) is 3.21. The van der Waals surface area contributed by atoms with Crippen LogP contribution >= 0.6 is 0 Å². The van der Waals surface area contributed by atoms with Gasteiger partial charge in [0.1, 0.15) is 0 Å². The summed E-state index contributed by atoms with van der Waals surface area (Å²) in [6, 6.07) is 0.680. The average Bonchev–Trinajstić information content (AvgIpc) is 2.60. The quantitative estimate of drug-likeness (QED) is 0.850. The second-order valence-electron chi connectivity index (χ2n) is 7.04. The summed E-state index contributed by atoms with van der Waals surface area (Å²) in [5, 5.41) is 2.98. The average molecular weight is 325 g/mol. The zero-order valence-electron chi connectivity index (χ0n) is 14.6. The van der Waals surface area contributed by atoms with E-state index < -0.39 is 0 Å². The van der Waals surface area contributed by atoms with Crippen LogP contribution in [0.5, 0.6) is 0 Å². The molecule has 0 saturated carbocycles. The van der Waals surface area contributed by atoms with E-state index in [0.717, 1.165) is 71.5 Å². The number of carbonyl (C=O) groups is 1. The van der Waals surface area contributed by atoms with Gasteiger partial charge in [-0.25, -0.2) is 4.79 Å². The van der Waals surface area contributed by atoms with Crippen molar-refractivity contribution in [3.8, 4) is 0 Å². The number of amides is 2. The van der Waals surface area contributed by atoms with Crippen LogP contribution in [0.15, 0.2) is 0 Å². The SMILES string of the molecule is CCCNC(=O)N1CCC(N2CC(OC)C23CCOCC3)CC1. The maximum atomic E-state index is 12.1. The van der Waals surface area contributed by atoms with E-state index in [1.54, 1.807) is 0 Å². The number of urea groups is 1. The molecule has 0 aromatic carbocycles. The molecule has 0 aliphatic carbocycles. The van der Waals surface area contributed by atoms with Gasteiger partial charge in [-0.3, -0.25) is 4.90 Å². The number of piperidine rings is 1. The van der Waals surface area contributed by atoms with Crippen molar-refractivity contribution in [3.63, 3.8) is 0 Å². The van der Waals surface area contributed by atoms with Crippen LogP contribution in [0.1, 0.15) is 39.0 Å². The molecule has 3 rings (SSSR count). The summed E-state index contributed by atoms with van der Waals surface area (Å²) in [4.78, 5) is 16.7. The molecule has 3 aliphatic rings. The zero-order chi connectivity index (χ0) is 16.3. The largest absolute Gasteiger partial charge is 0.381 e. The van der Waals surface area contributed by atoms with Crippen LogP contribution in [0.3, 0.4) is 0 Å². The van der Waals surface area contributed by atoms with Crippen LogP contribution in [0.25, 0.3) is 0 Å². The molecule has 3 fully saturated rings. The number of methoxy groups -OCH3 is 1. The molecule has 132 valence electrons. The van der Waals surface area contributed by atoms with Crippen LogP contribution in [-0.4, -0.2) is 80.0 Å². The first kappa shape index (κ1) is 17.0. The monoisotopic (exact) mass is 325 g/mol. The van der Waals surface area contributed by atoms with Gasteiger partial charge < -0.3 is 19.7 Å². The predicted molar refractivity (Wildman–Crippen MR) is 88.6 cm³/mol. The molecule has 1 atom stereocenters. The molecule has 0 aromatic heterocycles. The van der Waals surface area contributed by atoms with Crippen molar-refractivity contribution in [2.45, 2.75) is 56.7 Å². The Labute approximate surface area is 139 Å². The van der Waals surface area contributed by atoms with Crippen molar-refractivity contribution in [3.05, 3.63) is 0 Å². The van der Waals surface area contributed by atoms with Gasteiger partial charge in [0, 0.05) is 52.5 Å². The maximum Gasteiger partial charge on any atom is 0.317 e. The first-order chi connectivity index (χ1) is 11.2. The Balaban J connectivity index is 1.54. The van der Waals surface area contributed by atoms with E-state index in [9.17, 15) is 4.79 Å². The highest BCUT2D eigenvalue weighted by molar-refractivity contribution is 5.74. The minimum atomic E-state index is 0.101. The number of nitrogens with zero attached hydrogens (tertiary/aromatic N) is 2. The van der Waals surface area contributed by atoms with E-state index >= 15 is 0 Å². The lowest BCUT2D eigenvalue weighted by Gasteiger charge is -2.63. The summed E-state index contributed by atoms with van der Waals surface area (Å²) in [5.41, 5.74) is 0.185. The molecule has 0 radical (unpaired) electrons. The molecule has 0 bridgehead atoms. The minimum absolute atomic E-state index is 0.101. The fourth-order valence-corrected chi connectivity index (χ4v) is 4.47. The van der Waals surface area contributed by atoms with Crippen molar-refractivity contribution in [2.24, 2.45) is 0 Å². The van der Waals surface area contributed by atoms with Gasteiger partial charge in [0.2, 0.25) is 0 Å². The Morgan fingerprint density at radius 3 is 2.61 bits per heavy atom. The number of nitrogens with one attached hydrogen (secondary N) is 1. The summed E-state index contributed by atoms with van der Waals surface area (Å²) in [6.07, 6.45) is 5.61. The Kier molecular flexibility index (Phi) is 5.44. The van der Waals surface area contributed by atoms with Crippen molar-refractivity contribution in [1.82, 2.24) is 15.1 Å². The van der Waals surface area contributed by atoms with Crippen molar-refractivity contribution >= 4 is 6.03 Å². The van der Waals surface area contributed by atoms with E-state index in [1.165, 1.54) is 0 Å². The third-order valence-corrected chi connectivity index (χ3v) is 5.90. The zero-order valence-corrected chi connectivity index (χ0v) is 14.6. The van der Waals surface area contributed by atoms with E-state index in [-0.39, 0.29) is 11.6 Å². The number of ether oxygens (including phenoxy) is 2. The smallest absolute Gasteiger partial charge is 0.317 e. The highest BCUT2D eigenvalue weighted by atomic mass is 16.5. The first-order valence-electron chi connectivity index (χ1n) is 9.11. The number of rotatable bonds is 4. The predicted octanol–water partition coefficient (Wildman–Crippen LogP) is 1.45. The van der Waals surface area contributed by atoms with Gasteiger partial charge >= 0.3 is 6.03 Å². The number of likely N-dealkylation sites (tertiary alicyclic amines) is 2. The summed E-state index contributed by atoms with van der Waals surface area (Å²) in [5.74, 6) is 0.